The quantitative estimate of drug-likeness (QED) is 0.0924. The van der Waals surface area contributed by atoms with E-state index in [-0.39, 0.29) is 40.7 Å². The Morgan fingerprint density at radius 2 is 1.60 bits per heavy atom. The number of ketones is 2. The number of ether oxygens (including phenoxy) is 3. The molecule has 1 N–H and O–H groups in total. The molecule has 3 aliphatic rings. The monoisotopic (exact) mass is 816 g/mol. The van der Waals surface area contributed by atoms with Gasteiger partial charge in [0, 0.05) is 37.8 Å². The van der Waals surface area contributed by atoms with Crippen molar-refractivity contribution in [3.63, 3.8) is 0 Å². The van der Waals surface area contributed by atoms with E-state index in [1.165, 1.54) is 0 Å². The van der Waals surface area contributed by atoms with Gasteiger partial charge < -0.3 is 38.1 Å². The number of carbonyl (C=O) groups is 3. The Bertz CT molecular complexity index is 2110. The predicted octanol–water partition coefficient (Wildman–Crippen LogP) is 7.71. The molecule has 6 rings (SSSR count). The van der Waals surface area contributed by atoms with E-state index in [9.17, 15) is 9.90 Å². The predicted molar refractivity (Wildman–Crippen MR) is 224 cm³/mol. The molecule has 13 nitrogen and oxygen atoms in total. The molecule has 1 fully saturated rings. The van der Waals surface area contributed by atoms with Crippen LogP contribution in [0.2, 0.25) is 18.1 Å². The summed E-state index contributed by atoms with van der Waals surface area (Å²) in [6.45, 7) is 16.0. The zero-order valence-corrected chi connectivity index (χ0v) is 37.5. The number of Topliss-reactive ketones (excluding diaryl/α,β-unsaturated/α-hetero) is 2. The van der Waals surface area contributed by atoms with Gasteiger partial charge in [-0.25, -0.2) is 4.79 Å². The first kappa shape index (κ1) is 43.1. The van der Waals surface area contributed by atoms with Gasteiger partial charge in [0.25, 0.3) is 5.88 Å². The number of anilines is 1. The van der Waals surface area contributed by atoms with E-state index in [4.69, 9.17) is 23.2 Å². The van der Waals surface area contributed by atoms with Crippen LogP contribution in [-0.2, 0) is 27.0 Å². The Balaban J connectivity index is 1.65. The lowest BCUT2D eigenvalue weighted by molar-refractivity contribution is -0.147. The molecule has 1 heterocycles. The van der Waals surface area contributed by atoms with Crippen LogP contribution in [0.3, 0.4) is 0 Å². The lowest BCUT2D eigenvalue weighted by Gasteiger charge is -2.58. The smallest absolute Gasteiger partial charge is 0.507 e. The number of hydrogen-bond donors (Lipinski definition) is 1. The van der Waals surface area contributed by atoms with Gasteiger partial charge in [-0.1, -0.05) is 51.1 Å². The van der Waals surface area contributed by atoms with E-state index in [0.29, 0.717) is 24.3 Å². The van der Waals surface area contributed by atoms with Crippen molar-refractivity contribution in [3.05, 3.63) is 76.1 Å². The van der Waals surface area contributed by atoms with Crippen LogP contribution in [0, 0.1) is 17.8 Å². The number of rotatable bonds is 10. The summed E-state index contributed by atoms with van der Waals surface area (Å²) in [7, 11) is 8.49. The van der Waals surface area contributed by atoms with Crippen molar-refractivity contribution in [2.75, 3.05) is 53.7 Å². The highest BCUT2D eigenvalue weighted by molar-refractivity contribution is 6.74. The normalized spacial score (nSPS) is 23.3. The van der Waals surface area contributed by atoms with Gasteiger partial charge in [-0.2, -0.15) is 0 Å². The minimum Gasteiger partial charge on any atom is -0.507 e. The lowest BCUT2D eigenvalue weighted by Crippen LogP contribution is -2.71. The first-order valence-electron chi connectivity index (χ1n) is 19.9. The van der Waals surface area contributed by atoms with Gasteiger partial charge >= 0.3 is 6.16 Å². The molecular formula is C44H60N4O9Si. The maximum atomic E-state index is 16.1. The maximum Gasteiger partial charge on any atom is 0.514 e. The molecule has 0 bridgehead atoms. The molecule has 0 spiro atoms. The maximum absolute atomic E-state index is 16.1. The number of nitrogens with zero attached hydrogens (tertiary/aromatic N) is 4. The number of carbonyl (C=O) groups excluding carboxylic acids is 3. The number of fused-ring (bicyclic) bond motifs is 4. The van der Waals surface area contributed by atoms with Crippen LogP contribution in [0.15, 0.2) is 52.6 Å². The number of benzene rings is 2. The molecule has 1 saturated carbocycles. The third kappa shape index (κ3) is 7.48. The Hall–Kier alpha value is -4.50. The lowest BCUT2D eigenvalue weighted by atomic mass is 9.52. The summed E-state index contributed by atoms with van der Waals surface area (Å²) < 4.78 is 31.1. The Morgan fingerprint density at radius 3 is 2.17 bits per heavy atom. The molecule has 3 aliphatic carbocycles. The number of aliphatic hydroxyl groups is 1. The molecule has 14 heteroatoms. The zero-order chi connectivity index (χ0) is 42.9. The molecule has 58 heavy (non-hydrogen) atoms. The molecule has 2 aromatic carbocycles. The highest BCUT2D eigenvalue weighted by atomic mass is 28.4. The molecule has 0 unspecified atom stereocenters. The third-order valence-corrected chi connectivity index (χ3v) is 16.5. The van der Waals surface area contributed by atoms with Crippen molar-refractivity contribution >= 4 is 37.5 Å². The van der Waals surface area contributed by atoms with Gasteiger partial charge in [-0.3, -0.25) is 14.5 Å². The molecule has 5 atom stereocenters. The second-order valence-electron chi connectivity index (χ2n) is 19.1. The van der Waals surface area contributed by atoms with E-state index in [1.54, 1.807) is 26.8 Å². The van der Waals surface area contributed by atoms with Gasteiger partial charge in [0.1, 0.15) is 29.3 Å². The number of hydrogen-bond acceptors (Lipinski definition) is 13. The standard InChI is InChI=1S/C44H60N4O9Si/c1-42(2,3)55-41(52)54-30-21-20-29(47(9)10)27-22-26-28(23-46(7)8)34-35(48(11)12)37-33(40(45-56-37)53-24-25-18-16-15-17-19-25)39(51)44(34,57-58(13,14)43(4,5)6)38(50)32(26)36(49)31(27)30/h15-21,26,28,34-35,49H,22-24H2,1-14H3/t26-,28+,34-,35-,44-/m0/s1. The van der Waals surface area contributed by atoms with Gasteiger partial charge in [-0.15, -0.1) is 0 Å². The molecule has 314 valence electrons. The van der Waals surface area contributed by atoms with Gasteiger partial charge in [0.15, 0.2) is 19.7 Å². The van der Waals surface area contributed by atoms with Crippen LogP contribution < -0.4 is 14.4 Å². The summed E-state index contributed by atoms with van der Waals surface area (Å²) in [5.74, 6) is -3.07. The van der Waals surface area contributed by atoms with Crippen molar-refractivity contribution < 1.29 is 42.6 Å². The fraction of sp³-hybridized carbons (Fsp3) is 0.545. The fourth-order valence-electron chi connectivity index (χ4n) is 8.64. The van der Waals surface area contributed by atoms with Gasteiger partial charge in [0.2, 0.25) is 11.6 Å². The van der Waals surface area contributed by atoms with Crippen molar-refractivity contribution in [1.82, 2.24) is 15.0 Å². The fourth-order valence-corrected chi connectivity index (χ4v) is 10.1. The Labute approximate surface area is 343 Å². The van der Waals surface area contributed by atoms with Crippen LogP contribution in [0.1, 0.15) is 80.4 Å². The van der Waals surface area contributed by atoms with Crippen molar-refractivity contribution in [2.24, 2.45) is 17.8 Å². The number of aromatic nitrogens is 1. The van der Waals surface area contributed by atoms with Crippen molar-refractivity contribution in [3.8, 4) is 11.6 Å². The minimum atomic E-state index is -3.01. The van der Waals surface area contributed by atoms with Crippen LogP contribution in [0.4, 0.5) is 10.5 Å². The average Bonchev–Trinajstić information content (AvgIpc) is 3.52. The first-order chi connectivity index (χ1) is 26.9. The summed E-state index contributed by atoms with van der Waals surface area (Å²) in [5, 5.41) is 16.6. The van der Waals surface area contributed by atoms with E-state index in [1.807, 2.05) is 106 Å². The summed E-state index contributed by atoms with van der Waals surface area (Å²) in [5.41, 5.74) is -0.302. The van der Waals surface area contributed by atoms with Crippen molar-refractivity contribution in [2.45, 2.75) is 89.9 Å². The topological polar surface area (TPSA) is 144 Å². The van der Waals surface area contributed by atoms with E-state index >= 15 is 9.59 Å². The highest BCUT2D eigenvalue weighted by Crippen LogP contribution is 2.61. The second-order valence-corrected chi connectivity index (χ2v) is 23.8. The molecule has 0 saturated heterocycles. The summed E-state index contributed by atoms with van der Waals surface area (Å²) in [6.07, 6.45) is -0.655. The summed E-state index contributed by atoms with van der Waals surface area (Å²) in [4.78, 5) is 51.0. The zero-order valence-electron chi connectivity index (χ0n) is 36.5. The summed E-state index contributed by atoms with van der Waals surface area (Å²) >= 11 is 0. The van der Waals surface area contributed by atoms with Crippen molar-refractivity contribution in [1.29, 1.82) is 0 Å². The molecular weight excluding hydrogens is 757 g/mol. The molecule has 0 aliphatic heterocycles. The van der Waals surface area contributed by atoms with Crippen LogP contribution >= 0.6 is 0 Å². The van der Waals surface area contributed by atoms with Crippen LogP contribution in [0.25, 0.3) is 5.76 Å². The molecule has 0 radical (unpaired) electrons. The molecule has 3 aromatic rings. The minimum absolute atomic E-state index is 0.0256. The van der Waals surface area contributed by atoms with Gasteiger partial charge in [-0.05, 0) is 114 Å². The third-order valence-electron chi connectivity index (χ3n) is 12.1. The first-order valence-corrected chi connectivity index (χ1v) is 22.8. The van der Waals surface area contributed by atoms with E-state index in [0.717, 1.165) is 11.3 Å². The average molecular weight is 817 g/mol. The SMILES string of the molecule is CN(C)C[C@H]1[C@H]2[C@H](N(C)C)c3onc(OCc4ccccc4)c3C(=O)[C@@]2(O[Si](C)(C)C(C)(C)C)C(=O)C2=C(O)c3c(OC(=O)OC(C)(C)C)ccc(N(C)C)c3C[C@H]21. The molecule has 0 amide bonds. The largest absolute Gasteiger partial charge is 0.514 e. The Kier molecular flexibility index (Phi) is 11.3. The second kappa shape index (κ2) is 15.3. The highest BCUT2D eigenvalue weighted by Gasteiger charge is 2.71. The van der Waals surface area contributed by atoms with Crippen LogP contribution in [-0.4, -0.2) is 106 Å². The van der Waals surface area contributed by atoms with Gasteiger partial charge in [0.05, 0.1) is 11.6 Å². The molecule has 1 aromatic heterocycles. The Morgan fingerprint density at radius 1 is 0.948 bits per heavy atom. The van der Waals surface area contributed by atoms with Crippen LogP contribution in [0.5, 0.6) is 11.6 Å². The summed E-state index contributed by atoms with van der Waals surface area (Å²) in [6, 6.07) is 12.3. The number of aliphatic hydroxyl groups excluding tert-OH is 1. The van der Waals surface area contributed by atoms with E-state index < -0.39 is 66.1 Å². The van der Waals surface area contributed by atoms with E-state index in [2.05, 4.69) is 25.9 Å².